The summed E-state index contributed by atoms with van der Waals surface area (Å²) >= 11 is 0. The Morgan fingerprint density at radius 2 is 2.10 bits per heavy atom. The largest absolute Gasteiger partial charge is 0.478 e. The molecule has 0 spiro atoms. The number of aryl methyl sites for hydroxylation is 1. The second kappa shape index (κ2) is 8.57. The van der Waals surface area contributed by atoms with Gasteiger partial charge < -0.3 is 15.3 Å². The standard InChI is InChI=1S/C21H26FN5O2/c1-5-6-15(26(3)4)12-27-18-8-7-14(22)11-17(18)20(25-27)24-19-13(2)23-10-9-16(19)21(28)29/h7-11,15H,5-6,12H2,1-4H3,(H,24,25)(H,28,29). The first-order valence-corrected chi connectivity index (χ1v) is 9.60. The fraction of sp³-hybridized carbons (Fsp3) is 0.381. The lowest BCUT2D eigenvalue weighted by Gasteiger charge is -2.24. The molecule has 1 aromatic carbocycles. The summed E-state index contributed by atoms with van der Waals surface area (Å²) in [4.78, 5) is 18.0. The van der Waals surface area contributed by atoms with Crippen LogP contribution in [0.3, 0.4) is 0 Å². The summed E-state index contributed by atoms with van der Waals surface area (Å²) in [6.45, 7) is 4.50. The second-order valence-electron chi connectivity index (χ2n) is 7.35. The molecule has 2 aromatic heterocycles. The summed E-state index contributed by atoms with van der Waals surface area (Å²) in [5.41, 5.74) is 1.76. The Hall–Kier alpha value is -3.00. The Morgan fingerprint density at radius 3 is 2.76 bits per heavy atom. The van der Waals surface area contributed by atoms with Gasteiger partial charge in [-0.15, -0.1) is 0 Å². The number of likely N-dealkylation sites (N-methyl/N-ethyl adjacent to an activating group) is 1. The molecule has 2 heterocycles. The minimum absolute atomic E-state index is 0.0914. The van der Waals surface area contributed by atoms with Crippen LogP contribution in [0.25, 0.3) is 10.9 Å². The van der Waals surface area contributed by atoms with Crippen molar-refractivity contribution in [1.29, 1.82) is 0 Å². The van der Waals surface area contributed by atoms with E-state index in [1.165, 1.54) is 24.4 Å². The first-order valence-electron chi connectivity index (χ1n) is 9.60. The van der Waals surface area contributed by atoms with Crippen LogP contribution in [0, 0.1) is 12.7 Å². The molecule has 154 valence electrons. The van der Waals surface area contributed by atoms with Crippen LogP contribution in [0.1, 0.15) is 35.8 Å². The molecule has 0 aliphatic heterocycles. The summed E-state index contributed by atoms with van der Waals surface area (Å²) in [6, 6.07) is 6.23. The number of rotatable bonds is 8. The van der Waals surface area contributed by atoms with E-state index in [4.69, 9.17) is 0 Å². The van der Waals surface area contributed by atoms with Crippen molar-refractivity contribution in [2.24, 2.45) is 0 Å². The quantitative estimate of drug-likeness (QED) is 0.595. The number of hydrogen-bond donors (Lipinski definition) is 2. The van der Waals surface area contributed by atoms with E-state index in [1.807, 2.05) is 18.8 Å². The van der Waals surface area contributed by atoms with E-state index in [0.29, 0.717) is 29.1 Å². The molecule has 7 nitrogen and oxygen atoms in total. The Bertz CT molecular complexity index is 1030. The molecule has 0 saturated heterocycles. The van der Waals surface area contributed by atoms with Crippen LogP contribution in [0.2, 0.25) is 0 Å². The maximum Gasteiger partial charge on any atom is 0.337 e. The lowest BCUT2D eigenvalue weighted by Crippen LogP contribution is -2.32. The number of aromatic nitrogens is 3. The summed E-state index contributed by atoms with van der Waals surface area (Å²) in [7, 11) is 4.06. The molecule has 0 fully saturated rings. The van der Waals surface area contributed by atoms with Crippen molar-refractivity contribution in [2.45, 2.75) is 39.3 Å². The molecule has 3 rings (SSSR count). The number of fused-ring (bicyclic) bond motifs is 1. The van der Waals surface area contributed by atoms with Crippen LogP contribution >= 0.6 is 0 Å². The number of carboxylic acids is 1. The van der Waals surface area contributed by atoms with Crippen LogP contribution < -0.4 is 5.32 Å². The molecule has 0 amide bonds. The molecule has 1 unspecified atom stereocenters. The number of pyridine rings is 1. The van der Waals surface area contributed by atoms with Crippen LogP contribution in [0.4, 0.5) is 15.9 Å². The zero-order valence-corrected chi connectivity index (χ0v) is 17.1. The number of benzene rings is 1. The van der Waals surface area contributed by atoms with Gasteiger partial charge in [-0.25, -0.2) is 9.18 Å². The molecular formula is C21H26FN5O2. The average Bonchev–Trinajstić information content (AvgIpc) is 2.99. The third-order valence-corrected chi connectivity index (χ3v) is 5.06. The molecule has 0 saturated carbocycles. The van der Waals surface area contributed by atoms with Gasteiger partial charge in [0.05, 0.1) is 29.0 Å². The number of anilines is 2. The topological polar surface area (TPSA) is 83.3 Å². The highest BCUT2D eigenvalue weighted by molar-refractivity contribution is 5.98. The van der Waals surface area contributed by atoms with Crippen molar-refractivity contribution in [1.82, 2.24) is 19.7 Å². The Balaban J connectivity index is 2.08. The monoisotopic (exact) mass is 399 g/mol. The summed E-state index contributed by atoms with van der Waals surface area (Å²) in [5.74, 6) is -1.03. The summed E-state index contributed by atoms with van der Waals surface area (Å²) < 4.78 is 15.8. The molecule has 0 radical (unpaired) electrons. The number of carbonyl (C=O) groups is 1. The highest BCUT2D eigenvalue weighted by Crippen LogP contribution is 2.30. The van der Waals surface area contributed by atoms with E-state index < -0.39 is 5.97 Å². The first kappa shape index (κ1) is 20.7. The van der Waals surface area contributed by atoms with Gasteiger partial charge in [0, 0.05) is 17.6 Å². The molecule has 29 heavy (non-hydrogen) atoms. The zero-order chi connectivity index (χ0) is 21.1. The Kier molecular flexibility index (Phi) is 6.12. The van der Waals surface area contributed by atoms with E-state index in [2.05, 4.69) is 27.2 Å². The zero-order valence-electron chi connectivity index (χ0n) is 17.1. The molecule has 0 aliphatic rings. The highest BCUT2D eigenvalue weighted by Gasteiger charge is 2.19. The second-order valence-corrected chi connectivity index (χ2v) is 7.35. The normalized spacial score (nSPS) is 12.5. The van der Waals surface area contributed by atoms with Gasteiger partial charge in [-0.2, -0.15) is 5.10 Å². The molecule has 1 atom stereocenters. The number of halogens is 1. The van der Waals surface area contributed by atoms with Crippen molar-refractivity contribution in [2.75, 3.05) is 19.4 Å². The van der Waals surface area contributed by atoms with E-state index in [0.717, 1.165) is 18.4 Å². The van der Waals surface area contributed by atoms with Gasteiger partial charge in [0.1, 0.15) is 5.82 Å². The highest BCUT2D eigenvalue weighted by atomic mass is 19.1. The summed E-state index contributed by atoms with van der Waals surface area (Å²) in [6.07, 6.45) is 3.49. The maximum atomic E-state index is 14.0. The molecule has 0 bridgehead atoms. The molecule has 2 N–H and O–H groups in total. The van der Waals surface area contributed by atoms with Crippen LogP contribution in [-0.2, 0) is 6.54 Å². The Labute approximate surface area is 169 Å². The third-order valence-electron chi connectivity index (χ3n) is 5.06. The van der Waals surface area contributed by atoms with Crippen LogP contribution in [0.15, 0.2) is 30.5 Å². The predicted molar refractivity (Wildman–Crippen MR) is 111 cm³/mol. The van der Waals surface area contributed by atoms with Crippen molar-refractivity contribution >= 4 is 28.4 Å². The van der Waals surface area contributed by atoms with E-state index in [9.17, 15) is 14.3 Å². The van der Waals surface area contributed by atoms with Crippen LogP contribution in [0.5, 0.6) is 0 Å². The lowest BCUT2D eigenvalue weighted by atomic mass is 10.1. The third kappa shape index (κ3) is 4.37. The SMILES string of the molecule is CCCC(Cn1nc(Nc2c(C(=O)O)ccnc2C)c2cc(F)ccc21)N(C)C. The predicted octanol–water partition coefficient (Wildman–Crippen LogP) is 4.05. The van der Waals surface area contributed by atoms with E-state index in [1.54, 1.807) is 13.0 Å². The fourth-order valence-corrected chi connectivity index (χ4v) is 3.45. The van der Waals surface area contributed by atoms with Gasteiger partial charge in [-0.1, -0.05) is 13.3 Å². The Morgan fingerprint density at radius 1 is 1.34 bits per heavy atom. The van der Waals surface area contributed by atoms with Crippen molar-refractivity contribution in [3.8, 4) is 0 Å². The first-order chi connectivity index (χ1) is 13.8. The van der Waals surface area contributed by atoms with Gasteiger partial charge in [-0.3, -0.25) is 9.67 Å². The van der Waals surface area contributed by atoms with Gasteiger partial charge in [0.15, 0.2) is 5.82 Å². The van der Waals surface area contributed by atoms with Crippen molar-refractivity contribution in [3.63, 3.8) is 0 Å². The number of nitrogens with zero attached hydrogens (tertiary/aromatic N) is 4. The minimum Gasteiger partial charge on any atom is -0.478 e. The number of carboxylic acid groups (broad SMARTS) is 1. The van der Waals surface area contributed by atoms with Gasteiger partial charge in [0.2, 0.25) is 0 Å². The number of hydrogen-bond acceptors (Lipinski definition) is 5. The smallest absolute Gasteiger partial charge is 0.337 e. The van der Waals surface area contributed by atoms with E-state index >= 15 is 0 Å². The van der Waals surface area contributed by atoms with Gasteiger partial charge in [-0.05, 0) is 51.7 Å². The fourth-order valence-electron chi connectivity index (χ4n) is 3.45. The lowest BCUT2D eigenvalue weighted by molar-refractivity contribution is 0.0697. The van der Waals surface area contributed by atoms with Crippen molar-refractivity contribution < 1.29 is 14.3 Å². The van der Waals surface area contributed by atoms with E-state index in [-0.39, 0.29) is 17.4 Å². The van der Waals surface area contributed by atoms with Crippen LogP contribution in [-0.4, -0.2) is 50.9 Å². The molecule has 8 heteroatoms. The summed E-state index contributed by atoms with van der Waals surface area (Å²) in [5, 5.41) is 17.9. The maximum absolute atomic E-state index is 14.0. The number of nitrogens with one attached hydrogen (secondary N) is 1. The minimum atomic E-state index is -1.07. The number of aromatic carboxylic acids is 1. The van der Waals surface area contributed by atoms with Gasteiger partial charge >= 0.3 is 5.97 Å². The average molecular weight is 399 g/mol. The molecular weight excluding hydrogens is 373 g/mol. The molecule has 3 aromatic rings. The van der Waals surface area contributed by atoms with Gasteiger partial charge in [0.25, 0.3) is 0 Å². The molecule has 0 aliphatic carbocycles. The van der Waals surface area contributed by atoms with Crippen molar-refractivity contribution in [3.05, 3.63) is 47.5 Å².